The summed E-state index contributed by atoms with van der Waals surface area (Å²) in [7, 11) is 0. The molecule has 0 bridgehead atoms. The Hall–Kier alpha value is -1.63. The normalized spacial score (nSPS) is 19.4. The number of carbonyl (C=O) groups is 3. The molecule has 7 nitrogen and oxygen atoms in total. The van der Waals surface area contributed by atoms with E-state index in [1.807, 2.05) is 0 Å². The molecule has 2 atom stereocenters. The monoisotopic (exact) mass is 271 g/mol. The molecule has 6 N–H and O–H groups in total. The van der Waals surface area contributed by atoms with Crippen LogP contribution >= 0.6 is 0 Å². The zero-order valence-corrected chi connectivity index (χ0v) is 10.8. The van der Waals surface area contributed by atoms with Crippen molar-refractivity contribution in [2.24, 2.45) is 17.4 Å². The SMILES string of the molecule is NC(=O)CC(N)C(=O)NC(C(=O)O)C1CCCCC1. The fourth-order valence-corrected chi connectivity index (χ4v) is 2.42. The van der Waals surface area contributed by atoms with Crippen molar-refractivity contribution in [1.29, 1.82) is 0 Å². The maximum Gasteiger partial charge on any atom is 0.326 e. The molecule has 7 heteroatoms. The third-order valence-electron chi connectivity index (χ3n) is 3.44. The molecule has 0 aromatic heterocycles. The fraction of sp³-hybridized carbons (Fsp3) is 0.750. The summed E-state index contributed by atoms with van der Waals surface area (Å²) in [6, 6.07) is -2.03. The number of carboxylic acid groups (broad SMARTS) is 1. The Balaban J connectivity index is 2.59. The largest absolute Gasteiger partial charge is 0.480 e. The predicted octanol–water partition coefficient (Wildman–Crippen LogP) is -0.661. The number of amides is 2. The second kappa shape index (κ2) is 7.08. The van der Waals surface area contributed by atoms with Crippen molar-refractivity contribution in [3.63, 3.8) is 0 Å². The van der Waals surface area contributed by atoms with E-state index in [0.717, 1.165) is 32.1 Å². The highest BCUT2D eigenvalue weighted by molar-refractivity contribution is 5.90. The molecule has 2 unspecified atom stereocenters. The smallest absolute Gasteiger partial charge is 0.326 e. The Kier molecular flexibility index (Phi) is 5.75. The average molecular weight is 271 g/mol. The lowest BCUT2D eigenvalue weighted by atomic mass is 9.84. The Morgan fingerprint density at radius 2 is 1.79 bits per heavy atom. The number of carboxylic acids is 1. The number of nitrogens with two attached hydrogens (primary N) is 2. The first-order valence-electron chi connectivity index (χ1n) is 6.49. The number of hydrogen-bond acceptors (Lipinski definition) is 4. The van der Waals surface area contributed by atoms with Gasteiger partial charge in [0.15, 0.2) is 0 Å². The molecule has 108 valence electrons. The first-order chi connectivity index (χ1) is 8.91. The standard InChI is InChI=1S/C12H21N3O4/c13-8(6-9(14)16)11(17)15-10(12(18)19)7-4-2-1-3-5-7/h7-8,10H,1-6,13H2,(H2,14,16)(H,15,17)(H,18,19). The Morgan fingerprint density at radius 1 is 1.21 bits per heavy atom. The van der Waals surface area contributed by atoms with E-state index in [1.54, 1.807) is 0 Å². The summed E-state index contributed by atoms with van der Waals surface area (Å²) in [6.07, 6.45) is 4.31. The summed E-state index contributed by atoms with van der Waals surface area (Å²) in [6.45, 7) is 0. The highest BCUT2D eigenvalue weighted by Gasteiger charge is 2.32. The molecule has 0 spiro atoms. The summed E-state index contributed by atoms with van der Waals surface area (Å²) in [5.41, 5.74) is 10.4. The van der Waals surface area contributed by atoms with Crippen molar-refractivity contribution < 1.29 is 19.5 Å². The van der Waals surface area contributed by atoms with Gasteiger partial charge in [-0.15, -0.1) is 0 Å². The van der Waals surface area contributed by atoms with Gasteiger partial charge >= 0.3 is 5.97 Å². The van der Waals surface area contributed by atoms with E-state index in [-0.39, 0.29) is 12.3 Å². The van der Waals surface area contributed by atoms with Gasteiger partial charge in [0.25, 0.3) is 0 Å². The van der Waals surface area contributed by atoms with Crippen LogP contribution in [0.2, 0.25) is 0 Å². The van der Waals surface area contributed by atoms with Crippen molar-refractivity contribution in [2.75, 3.05) is 0 Å². The van der Waals surface area contributed by atoms with Crippen molar-refractivity contribution in [2.45, 2.75) is 50.6 Å². The number of aliphatic carboxylic acids is 1. The van der Waals surface area contributed by atoms with Gasteiger partial charge in [-0.2, -0.15) is 0 Å². The molecular weight excluding hydrogens is 250 g/mol. The van der Waals surface area contributed by atoms with E-state index in [9.17, 15) is 19.5 Å². The van der Waals surface area contributed by atoms with Gasteiger partial charge in [-0.3, -0.25) is 9.59 Å². The minimum atomic E-state index is -1.09. The number of nitrogens with one attached hydrogen (secondary N) is 1. The van der Waals surface area contributed by atoms with Gasteiger partial charge < -0.3 is 21.9 Å². The van der Waals surface area contributed by atoms with Crippen LogP contribution in [0, 0.1) is 5.92 Å². The number of carbonyl (C=O) groups excluding carboxylic acids is 2. The molecule has 0 saturated heterocycles. The van der Waals surface area contributed by atoms with Crippen molar-refractivity contribution in [3.05, 3.63) is 0 Å². The van der Waals surface area contributed by atoms with Gasteiger partial charge in [-0.1, -0.05) is 19.3 Å². The van der Waals surface area contributed by atoms with Crippen LogP contribution in [0.1, 0.15) is 38.5 Å². The minimum absolute atomic E-state index is 0.0732. The van der Waals surface area contributed by atoms with Crippen LogP contribution in [0.15, 0.2) is 0 Å². The van der Waals surface area contributed by atoms with Crippen molar-refractivity contribution in [1.82, 2.24) is 5.32 Å². The first-order valence-corrected chi connectivity index (χ1v) is 6.49. The summed E-state index contributed by atoms with van der Waals surface area (Å²) in [5, 5.41) is 11.6. The van der Waals surface area contributed by atoms with Crippen LogP contribution in [0.5, 0.6) is 0 Å². The Labute approximate surface area is 111 Å². The van der Waals surface area contributed by atoms with Gasteiger partial charge in [0.2, 0.25) is 11.8 Å². The predicted molar refractivity (Wildman–Crippen MR) is 67.9 cm³/mol. The second-order valence-corrected chi connectivity index (χ2v) is 5.00. The first kappa shape index (κ1) is 15.4. The van der Waals surface area contributed by atoms with Crippen LogP contribution in [0.3, 0.4) is 0 Å². The minimum Gasteiger partial charge on any atom is -0.480 e. The molecule has 1 rings (SSSR count). The fourth-order valence-electron chi connectivity index (χ4n) is 2.42. The van der Waals surface area contributed by atoms with Gasteiger partial charge in [-0.25, -0.2) is 4.79 Å². The lowest BCUT2D eigenvalue weighted by molar-refractivity contribution is -0.144. The lowest BCUT2D eigenvalue weighted by Crippen LogP contribution is -2.52. The second-order valence-electron chi connectivity index (χ2n) is 5.00. The van der Waals surface area contributed by atoms with Crippen LogP contribution in [-0.2, 0) is 14.4 Å². The maximum absolute atomic E-state index is 11.7. The number of primary amides is 1. The van der Waals surface area contributed by atoms with Crippen LogP contribution in [0.4, 0.5) is 0 Å². The van der Waals surface area contributed by atoms with Crippen molar-refractivity contribution >= 4 is 17.8 Å². The molecule has 0 aromatic rings. The highest BCUT2D eigenvalue weighted by Crippen LogP contribution is 2.26. The lowest BCUT2D eigenvalue weighted by Gasteiger charge is -2.28. The maximum atomic E-state index is 11.7. The molecular formula is C12H21N3O4. The third kappa shape index (κ3) is 4.86. The molecule has 0 aromatic carbocycles. The molecule has 0 heterocycles. The topological polar surface area (TPSA) is 136 Å². The third-order valence-corrected chi connectivity index (χ3v) is 3.44. The van der Waals surface area contributed by atoms with Gasteiger partial charge in [-0.05, 0) is 18.8 Å². The van der Waals surface area contributed by atoms with E-state index in [4.69, 9.17) is 11.5 Å². The molecule has 2 amide bonds. The zero-order chi connectivity index (χ0) is 14.4. The average Bonchev–Trinajstić information content (AvgIpc) is 2.35. The molecule has 0 aliphatic heterocycles. The molecule has 1 aliphatic carbocycles. The number of rotatable bonds is 6. The van der Waals surface area contributed by atoms with Crippen LogP contribution in [0.25, 0.3) is 0 Å². The summed E-state index contributed by atoms with van der Waals surface area (Å²) in [4.78, 5) is 33.6. The molecule has 19 heavy (non-hydrogen) atoms. The van der Waals surface area contributed by atoms with Crippen molar-refractivity contribution in [3.8, 4) is 0 Å². The van der Waals surface area contributed by atoms with Gasteiger partial charge in [0.1, 0.15) is 6.04 Å². The molecule has 0 radical (unpaired) electrons. The molecule has 1 saturated carbocycles. The van der Waals surface area contributed by atoms with E-state index in [1.165, 1.54) is 0 Å². The van der Waals surface area contributed by atoms with Crippen LogP contribution in [-0.4, -0.2) is 35.0 Å². The molecule has 1 aliphatic rings. The summed E-state index contributed by atoms with van der Waals surface area (Å²) in [5.74, 6) is -2.47. The summed E-state index contributed by atoms with van der Waals surface area (Å²) >= 11 is 0. The van der Waals surface area contributed by atoms with E-state index in [0.29, 0.717) is 0 Å². The van der Waals surface area contributed by atoms with E-state index in [2.05, 4.69) is 5.32 Å². The quantitative estimate of drug-likeness (QED) is 0.508. The van der Waals surface area contributed by atoms with E-state index >= 15 is 0 Å². The van der Waals surface area contributed by atoms with Gasteiger partial charge in [0, 0.05) is 0 Å². The zero-order valence-electron chi connectivity index (χ0n) is 10.8. The Bertz CT molecular complexity index is 353. The van der Waals surface area contributed by atoms with Gasteiger partial charge in [0.05, 0.1) is 12.5 Å². The molecule has 1 fully saturated rings. The summed E-state index contributed by atoms with van der Waals surface area (Å²) < 4.78 is 0. The Morgan fingerprint density at radius 3 is 2.26 bits per heavy atom. The number of hydrogen-bond donors (Lipinski definition) is 4. The van der Waals surface area contributed by atoms with Crippen LogP contribution < -0.4 is 16.8 Å². The highest BCUT2D eigenvalue weighted by atomic mass is 16.4. The van der Waals surface area contributed by atoms with E-state index < -0.39 is 29.9 Å².